The second-order valence-electron chi connectivity index (χ2n) is 8.03. The molecule has 3 aromatic rings. The number of carbonyl (C=O) groups is 1. The fourth-order valence-electron chi connectivity index (χ4n) is 4.28. The van der Waals surface area contributed by atoms with E-state index in [1.54, 1.807) is 12.1 Å². The minimum atomic E-state index is -0.891. The van der Waals surface area contributed by atoms with Crippen molar-refractivity contribution in [1.82, 2.24) is 9.78 Å². The molecule has 0 radical (unpaired) electrons. The number of anilines is 1. The molecule has 1 N–H and O–H groups in total. The Hall–Kier alpha value is -3.08. The molecule has 1 aliphatic heterocycles. The third-order valence-electron chi connectivity index (χ3n) is 5.60. The lowest BCUT2D eigenvalue weighted by Crippen LogP contribution is -2.32. The van der Waals surface area contributed by atoms with E-state index in [2.05, 4.69) is 54.6 Å². The van der Waals surface area contributed by atoms with Crippen LogP contribution in [0.1, 0.15) is 53.4 Å². The van der Waals surface area contributed by atoms with Crippen molar-refractivity contribution in [2.45, 2.75) is 46.2 Å². The van der Waals surface area contributed by atoms with E-state index in [9.17, 15) is 9.90 Å². The zero-order valence-corrected chi connectivity index (χ0v) is 17.2. The van der Waals surface area contributed by atoms with Gasteiger partial charge < -0.3 is 10.0 Å². The summed E-state index contributed by atoms with van der Waals surface area (Å²) in [5, 5.41) is 14.2. The number of nitrogens with zero attached hydrogens (tertiary/aromatic N) is 3. The third kappa shape index (κ3) is 3.65. The summed E-state index contributed by atoms with van der Waals surface area (Å²) < 4.78 is 2.12. The van der Waals surface area contributed by atoms with E-state index >= 15 is 0 Å². The summed E-state index contributed by atoms with van der Waals surface area (Å²) in [5.41, 5.74) is 6.13. The molecule has 5 nitrogen and oxygen atoms in total. The summed E-state index contributed by atoms with van der Waals surface area (Å²) in [5.74, 6) is 0.672. The summed E-state index contributed by atoms with van der Waals surface area (Å²) >= 11 is 0. The van der Waals surface area contributed by atoms with Crippen LogP contribution in [0.15, 0.2) is 48.5 Å². The molecule has 0 fully saturated rings. The highest BCUT2D eigenvalue weighted by Gasteiger charge is 2.27. The molecular formula is C24H27N3O2. The number of fused-ring (bicyclic) bond motifs is 1. The maximum atomic E-state index is 11.4. The smallest absolute Gasteiger partial charge is 0.335 e. The summed E-state index contributed by atoms with van der Waals surface area (Å²) in [6.07, 6.45) is 1.03. The Kier molecular flexibility index (Phi) is 5.14. The molecule has 1 aliphatic rings. The van der Waals surface area contributed by atoms with Gasteiger partial charge in [-0.3, -0.25) is 0 Å². The first-order valence-corrected chi connectivity index (χ1v) is 10.2. The molecule has 4 rings (SSSR count). The molecule has 0 amide bonds. The lowest BCUT2D eigenvalue weighted by Gasteiger charge is -2.31. The molecule has 0 unspecified atom stereocenters. The van der Waals surface area contributed by atoms with Crippen LogP contribution in [-0.4, -0.2) is 27.4 Å². The van der Waals surface area contributed by atoms with Gasteiger partial charge in [0.25, 0.3) is 0 Å². The number of carboxylic acid groups (broad SMARTS) is 1. The number of hydrogen-bond donors (Lipinski definition) is 1. The molecule has 2 aromatic carbocycles. The van der Waals surface area contributed by atoms with Crippen molar-refractivity contribution in [3.8, 4) is 11.1 Å². The van der Waals surface area contributed by atoms with Crippen molar-refractivity contribution >= 4 is 11.8 Å². The van der Waals surface area contributed by atoms with Crippen molar-refractivity contribution in [2.75, 3.05) is 11.4 Å². The fourth-order valence-corrected chi connectivity index (χ4v) is 4.28. The van der Waals surface area contributed by atoms with Crippen molar-refractivity contribution in [3.63, 3.8) is 0 Å². The number of rotatable bonds is 5. The van der Waals surface area contributed by atoms with Crippen molar-refractivity contribution in [3.05, 3.63) is 70.9 Å². The maximum Gasteiger partial charge on any atom is 0.335 e. The van der Waals surface area contributed by atoms with Crippen LogP contribution in [0.25, 0.3) is 11.1 Å². The number of carboxylic acids is 1. The Labute approximate surface area is 171 Å². The van der Waals surface area contributed by atoms with Crippen molar-refractivity contribution < 1.29 is 9.90 Å². The number of aromatic nitrogens is 2. The molecule has 0 saturated heterocycles. The molecular weight excluding hydrogens is 362 g/mol. The zero-order chi connectivity index (χ0) is 20.5. The van der Waals surface area contributed by atoms with E-state index in [0.717, 1.165) is 36.6 Å². The van der Waals surface area contributed by atoms with Crippen LogP contribution in [0.5, 0.6) is 0 Å². The molecule has 0 atom stereocenters. The van der Waals surface area contributed by atoms with Gasteiger partial charge in [0.05, 0.1) is 11.3 Å². The monoisotopic (exact) mass is 389 g/mol. The van der Waals surface area contributed by atoms with Gasteiger partial charge in [-0.25, -0.2) is 9.48 Å². The molecule has 0 aliphatic carbocycles. The van der Waals surface area contributed by atoms with Crippen LogP contribution in [0.3, 0.4) is 0 Å². The lowest BCUT2D eigenvalue weighted by molar-refractivity contribution is 0.0696. The van der Waals surface area contributed by atoms with Gasteiger partial charge >= 0.3 is 5.97 Å². The van der Waals surface area contributed by atoms with Gasteiger partial charge in [0.1, 0.15) is 5.82 Å². The van der Waals surface area contributed by atoms with Gasteiger partial charge in [-0.1, -0.05) is 50.2 Å². The quantitative estimate of drug-likeness (QED) is 0.660. The van der Waals surface area contributed by atoms with Crippen LogP contribution in [0.4, 0.5) is 5.82 Å². The largest absolute Gasteiger partial charge is 0.478 e. The predicted molar refractivity (Wildman–Crippen MR) is 116 cm³/mol. The highest BCUT2D eigenvalue weighted by atomic mass is 16.4. The summed E-state index contributed by atoms with van der Waals surface area (Å²) in [6.45, 7) is 9.04. The Morgan fingerprint density at radius 1 is 1.14 bits per heavy atom. The van der Waals surface area contributed by atoms with E-state index in [0.29, 0.717) is 18.0 Å². The SMILES string of the molecule is Cc1nn2c(c1-c1ccccc1C(C)C)N(Cc1cccc(C(=O)O)c1)CCC2. The second kappa shape index (κ2) is 7.74. The van der Waals surface area contributed by atoms with Gasteiger partial charge in [-0.2, -0.15) is 5.10 Å². The van der Waals surface area contributed by atoms with Crippen molar-refractivity contribution in [1.29, 1.82) is 0 Å². The van der Waals surface area contributed by atoms with E-state index in [4.69, 9.17) is 5.10 Å². The maximum absolute atomic E-state index is 11.4. The highest BCUT2D eigenvalue weighted by Crippen LogP contribution is 2.40. The molecule has 0 saturated carbocycles. The fraction of sp³-hybridized carbons (Fsp3) is 0.333. The average molecular weight is 389 g/mol. The van der Waals surface area contributed by atoms with Gasteiger partial charge in [0.15, 0.2) is 0 Å². The molecule has 0 spiro atoms. The summed E-state index contributed by atoms with van der Waals surface area (Å²) in [4.78, 5) is 13.7. The topological polar surface area (TPSA) is 58.4 Å². The Balaban J connectivity index is 1.79. The van der Waals surface area contributed by atoms with Gasteiger partial charge in [-0.15, -0.1) is 0 Å². The first-order valence-electron chi connectivity index (χ1n) is 10.2. The van der Waals surface area contributed by atoms with E-state index in [1.165, 1.54) is 16.7 Å². The first kappa shape index (κ1) is 19.2. The zero-order valence-electron chi connectivity index (χ0n) is 17.2. The molecule has 150 valence electrons. The van der Waals surface area contributed by atoms with Crippen LogP contribution >= 0.6 is 0 Å². The van der Waals surface area contributed by atoms with Crippen LogP contribution in [0, 0.1) is 6.92 Å². The summed E-state index contributed by atoms with van der Waals surface area (Å²) in [7, 11) is 0. The molecule has 2 heterocycles. The van der Waals surface area contributed by atoms with E-state index in [1.807, 2.05) is 12.1 Å². The van der Waals surface area contributed by atoms with Crippen LogP contribution in [-0.2, 0) is 13.1 Å². The number of aromatic carboxylic acids is 1. The standard InChI is InChI=1S/C24H27N3O2/c1-16(2)20-10-4-5-11-21(20)22-17(3)25-27-13-7-12-26(23(22)27)15-18-8-6-9-19(14-18)24(28)29/h4-6,8-11,14,16H,7,12-13,15H2,1-3H3,(H,28,29). The highest BCUT2D eigenvalue weighted by molar-refractivity contribution is 5.87. The first-order chi connectivity index (χ1) is 14.0. The normalized spacial score (nSPS) is 13.6. The van der Waals surface area contributed by atoms with Gasteiger partial charge in [0.2, 0.25) is 0 Å². The Morgan fingerprint density at radius 3 is 2.69 bits per heavy atom. The molecule has 29 heavy (non-hydrogen) atoms. The van der Waals surface area contributed by atoms with Crippen LogP contribution < -0.4 is 4.90 Å². The van der Waals surface area contributed by atoms with E-state index < -0.39 is 5.97 Å². The minimum absolute atomic E-state index is 0.328. The molecule has 0 bridgehead atoms. The second-order valence-corrected chi connectivity index (χ2v) is 8.03. The molecule has 5 heteroatoms. The van der Waals surface area contributed by atoms with Crippen LogP contribution in [0.2, 0.25) is 0 Å². The van der Waals surface area contributed by atoms with Gasteiger partial charge in [-0.05, 0) is 48.1 Å². The summed E-state index contributed by atoms with van der Waals surface area (Å²) in [6, 6.07) is 15.8. The molecule has 1 aromatic heterocycles. The number of aryl methyl sites for hydroxylation is 2. The Morgan fingerprint density at radius 2 is 1.93 bits per heavy atom. The lowest BCUT2D eigenvalue weighted by atomic mass is 9.92. The minimum Gasteiger partial charge on any atom is -0.478 e. The number of hydrogen-bond acceptors (Lipinski definition) is 3. The third-order valence-corrected chi connectivity index (χ3v) is 5.60. The predicted octanol–water partition coefficient (Wildman–Crippen LogP) is 5.09. The number of benzene rings is 2. The van der Waals surface area contributed by atoms with Gasteiger partial charge in [0, 0.05) is 25.2 Å². The van der Waals surface area contributed by atoms with E-state index in [-0.39, 0.29) is 0 Å². The Bertz CT molecular complexity index is 1050. The average Bonchev–Trinajstić information content (AvgIpc) is 3.05. The van der Waals surface area contributed by atoms with Crippen molar-refractivity contribution in [2.24, 2.45) is 0 Å².